The topological polar surface area (TPSA) is 92.3 Å². The van der Waals surface area contributed by atoms with Gasteiger partial charge in [0.05, 0.1) is 18.8 Å². The Bertz CT molecular complexity index is 856. The van der Waals surface area contributed by atoms with Crippen LogP contribution < -0.4 is 5.32 Å². The molecule has 0 bridgehead atoms. The second-order valence-corrected chi connectivity index (χ2v) is 6.90. The van der Waals surface area contributed by atoms with Crippen LogP contribution >= 0.6 is 0 Å². The summed E-state index contributed by atoms with van der Waals surface area (Å²) in [6.45, 7) is 1.59. The van der Waals surface area contributed by atoms with Gasteiger partial charge in [-0.05, 0) is 31.4 Å². The Labute approximate surface area is 152 Å². The molecule has 1 aromatic heterocycles. The normalized spacial score (nSPS) is 16.0. The standard InChI is InChI=1S/C20H22N2O4/c1-14-5-6-16-15(11-25-17(16)9-14)10-19(24)26-12-18(23)22-20(13-21)7-3-2-4-8-20/h5-6,9,11H,2-4,7-8,10,12H2,1H3,(H,22,23). The first kappa shape index (κ1) is 18.0. The number of nitrogens with zero attached hydrogens (tertiary/aromatic N) is 1. The lowest BCUT2D eigenvalue weighted by Crippen LogP contribution is -2.50. The number of carbonyl (C=O) groups is 2. The molecule has 1 heterocycles. The van der Waals surface area contributed by atoms with Crippen LogP contribution in [0.5, 0.6) is 0 Å². The molecule has 3 rings (SSSR count). The molecule has 0 aliphatic heterocycles. The zero-order valence-corrected chi connectivity index (χ0v) is 14.8. The average molecular weight is 354 g/mol. The molecular formula is C20H22N2O4. The molecule has 0 saturated heterocycles. The summed E-state index contributed by atoms with van der Waals surface area (Å²) in [5.41, 5.74) is 1.71. The fourth-order valence-corrected chi connectivity index (χ4v) is 3.40. The van der Waals surface area contributed by atoms with E-state index < -0.39 is 17.4 Å². The molecule has 1 fully saturated rings. The van der Waals surface area contributed by atoms with Crippen LogP contribution in [0.3, 0.4) is 0 Å². The van der Waals surface area contributed by atoms with E-state index in [-0.39, 0.29) is 13.0 Å². The minimum absolute atomic E-state index is 0.0345. The van der Waals surface area contributed by atoms with Gasteiger partial charge in [0.25, 0.3) is 5.91 Å². The van der Waals surface area contributed by atoms with Crippen molar-refractivity contribution in [1.82, 2.24) is 5.32 Å². The largest absolute Gasteiger partial charge is 0.464 e. The number of aryl methyl sites for hydroxylation is 1. The van der Waals surface area contributed by atoms with E-state index in [9.17, 15) is 14.9 Å². The molecule has 1 aromatic carbocycles. The van der Waals surface area contributed by atoms with E-state index in [4.69, 9.17) is 9.15 Å². The molecule has 1 N–H and O–H groups in total. The third kappa shape index (κ3) is 4.05. The number of fused-ring (bicyclic) bond motifs is 1. The molecule has 2 aromatic rings. The summed E-state index contributed by atoms with van der Waals surface area (Å²) >= 11 is 0. The van der Waals surface area contributed by atoms with E-state index in [0.29, 0.717) is 12.8 Å². The Balaban J connectivity index is 1.53. The van der Waals surface area contributed by atoms with E-state index in [1.54, 1.807) is 0 Å². The van der Waals surface area contributed by atoms with Gasteiger partial charge in [-0.1, -0.05) is 31.4 Å². The molecule has 6 nitrogen and oxygen atoms in total. The molecular weight excluding hydrogens is 332 g/mol. The van der Waals surface area contributed by atoms with Crippen LogP contribution in [0.2, 0.25) is 0 Å². The Hall–Kier alpha value is -2.81. The Morgan fingerprint density at radius 1 is 1.31 bits per heavy atom. The first-order valence-corrected chi connectivity index (χ1v) is 8.86. The molecule has 0 atom stereocenters. The number of hydrogen-bond acceptors (Lipinski definition) is 5. The molecule has 0 unspecified atom stereocenters. The van der Waals surface area contributed by atoms with Crippen LogP contribution in [-0.2, 0) is 20.7 Å². The van der Waals surface area contributed by atoms with Crippen molar-refractivity contribution >= 4 is 22.8 Å². The van der Waals surface area contributed by atoms with E-state index in [0.717, 1.165) is 41.4 Å². The van der Waals surface area contributed by atoms with Crippen molar-refractivity contribution in [2.75, 3.05) is 6.61 Å². The number of nitriles is 1. The van der Waals surface area contributed by atoms with Gasteiger partial charge in [0, 0.05) is 10.9 Å². The number of ether oxygens (including phenoxy) is 1. The van der Waals surface area contributed by atoms with Crippen LogP contribution in [-0.4, -0.2) is 24.0 Å². The fourth-order valence-electron chi connectivity index (χ4n) is 3.40. The Morgan fingerprint density at radius 3 is 2.81 bits per heavy atom. The quantitative estimate of drug-likeness (QED) is 0.833. The molecule has 136 valence electrons. The fraction of sp³-hybridized carbons (Fsp3) is 0.450. The predicted molar refractivity (Wildman–Crippen MR) is 95.2 cm³/mol. The van der Waals surface area contributed by atoms with E-state index >= 15 is 0 Å². The van der Waals surface area contributed by atoms with Crippen molar-refractivity contribution in [2.24, 2.45) is 0 Å². The van der Waals surface area contributed by atoms with Gasteiger partial charge in [-0.3, -0.25) is 9.59 Å². The minimum atomic E-state index is -0.819. The van der Waals surface area contributed by atoms with Crippen LogP contribution in [0.1, 0.15) is 43.2 Å². The zero-order chi connectivity index (χ0) is 18.6. The highest BCUT2D eigenvalue weighted by Gasteiger charge is 2.33. The second-order valence-electron chi connectivity index (χ2n) is 6.90. The number of carbonyl (C=O) groups excluding carboxylic acids is 2. The molecule has 1 aliphatic carbocycles. The average Bonchev–Trinajstić information content (AvgIpc) is 3.02. The number of hydrogen-bond donors (Lipinski definition) is 1. The maximum atomic E-state index is 12.1. The maximum absolute atomic E-state index is 12.1. The van der Waals surface area contributed by atoms with Gasteiger partial charge in [0.2, 0.25) is 0 Å². The number of amides is 1. The number of esters is 1. The number of rotatable bonds is 5. The number of furan rings is 1. The first-order valence-electron chi connectivity index (χ1n) is 8.86. The molecule has 0 spiro atoms. The Kier molecular flexibility index (Phi) is 5.27. The highest BCUT2D eigenvalue weighted by atomic mass is 16.5. The third-order valence-corrected chi connectivity index (χ3v) is 4.81. The highest BCUT2D eigenvalue weighted by molar-refractivity contribution is 5.87. The second kappa shape index (κ2) is 7.61. The van der Waals surface area contributed by atoms with Gasteiger partial charge in [-0.25, -0.2) is 0 Å². The summed E-state index contributed by atoms with van der Waals surface area (Å²) in [5, 5.41) is 13.0. The maximum Gasteiger partial charge on any atom is 0.310 e. The van der Waals surface area contributed by atoms with Crippen molar-refractivity contribution < 1.29 is 18.7 Å². The molecule has 6 heteroatoms. The molecule has 0 radical (unpaired) electrons. The van der Waals surface area contributed by atoms with Crippen molar-refractivity contribution in [1.29, 1.82) is 5.26 Å². The lowest BCUT2D eigenvalue weighted by molar-refractivity contribution is -0.148. The van der Waals surface area contributed by atoms with Crippen molar-refractivity contribution in [3.8, 4) is 6.07 Å². The SMILES string of the molecule is Cc1ccc2c(CC(=O)OCC(=O)NC3(C#N)CCCCC3)coc2c1. The summed E-state index contributed by atoms with van der Waals surface area (Å²) in [4.78, 5) is 24.1. The van der Waals surface area contributed by atoms with Gasteiger partial charge in [0.1, 0.15) is 11.1 Å². The summed E-state index contributed by atoms with van der Waals surface area (Å²) in [5.74, 6) is -0.937. The minimum Gasteiger partial charge on any atom is -0.464 e. The third-order valence-electron chi connectivity index (χ3n) is 4.81. The molecule has 1 saturated carbocycles. The van der Waals surface area contributed by atoms with Crippen molar-refractivity contribution in [3.63, 3.8) is 0 Å². The van der Waals surface area contributed by atoms with Gasteiger partial charge in [-0.15, -0.1) is 0 Å². The summed E-state index contributed by atoms with van der Waals surface area (Å²) in [7, 11) is 0. The van der Waals surface area contributed by atoms with E-state index in [1.807, 2.05) is 25.1 Å². The summed E-state index contributed by atoms with van der Waals surface area (Å²) < 4.78 is 10.5. The van der Waals surface area contributed by atoms with Crippen LogP contribution in [0, 0.1) is 18.3 Å². The van der Waals surface area contributed by atoms with Gasteiger partial charge in [0.15, 0.2) is 6.61 Å². The van der Waals surface area contributed by atoms with Gasteiger partial charge in [-0.2, -0.15) is 5.26 Å². The first-order chi connectivity index (χ1) is 12.5. The Morgan fingerprint density at radius 2 is 2.08 bits per heavy atom. The summed E-state index contributed by atoms with van der Waals surface area (Å²) in [6, 6.07) is 7.97. The molecule has 26 heavy (non-hydrogen) atoms. The number of nitrogens with one attached hydrogen (secondary N) is 1. The van der Waals surface area contributed by atoms with E-state index in [1.165, 1.54) is 6.26 Å². The van der Waals surface area contributed by atoms with Crippen molar-refractivity contribution in [2.45, 2.75) is 51.0 Å². The van der Waals surface area contributed by atoms with Crippen LogP contribution in [0.4, 0.5) is 0 Å². The smallest absolute Gasteiger partial charge is 0.310 e. The lowest BCUT2D eigenvalue weighted by Gasteiger charge is -2.31. The van der Waals surface area contributed by atoms with E-state index in [2.05, 4.69) is 11.4 Å². The molecule has 1 amide bonds. The monoisotopic (exact) mass is 354 g/mol. The molecule has 1 aliphatic rings. The lowest BCUT2D eigenvalue weighted by atomic mass is 9.83. The van der Waals surface area contributed by atoms with Gasteiger partial charge >= 0.3 is 5.97 Å². The van der Waals surface area contributed by atoms with Gasteiger partial charge < -0.3 is 14.5 Å². The number of benzene rings is 1. The van der Waals surface area contributed by atoms with Crippen molar-refractivity contribution in [3.05, 3.63) is 35.6 Å². The van der Waals surface area contributed by atoms with Crippen LogP contribution in [0.25, 0.3) is 11.0 Å². The predicted octanol–water partition coefficient (Wildman–Crippen LogP) is 3.17. The van der Waals surface area contributed by atoms with Crippen LogP contribution in [0.15, 0.2) is 28.9 Å². The highest BCUT2D eigenvalue weighted by Crippen LogP contribution is 2.27. The summed E-state index contributed by atoms with van der Waals surface area (Å²) in [6.07, 6.45) is 5.77. The zero-order valence-electron chi connectivity index (χ0n) is 14.8.